The van der Waals surface area contributed by atoms with E-state index >= 15 is 0 Å². The molecule has 1 aliphatic rings. The van der Waals surface area contributed by atoms with E-state index in [0.717, 1.165) is 28.5 Å². The molecule has 4 heteroatoms. The minimum Gasteiger partial charge on any atom is -0.336 e. The molecule has 1 amide bonds. The normalized spacial score (nSPS) is 24.1. The largest absolute Gasteiger partial charge is 0.336 e. The molecule has 1 aromatic rings. The van der Waals surface area contributed by atoms with E-state index in [1.54, 1.807) is 0 Å². The molecule has 0 radical (unpaired) electrons. The monoisotopic (exact) mass is 358 g/mol. The predicted molar refractivity (Wildman–Crippen MR) is 81.4 cm³/mol. The van der Waals surface area contributed by atoms with Crippen molar-refractivity contribution in [3.63, 3.8) is 0 Å². The number of amides is 1. The van der Waals surface area contributed by atoms with Crippen molar-refractivity contribution in [2.45, 2.75) is 25.8 Å². The molecular weight excluding hydrogens is 339 g/mol. The van der Waals surface area contributed by atoms with Crippen molar-refractivity contribution in [2.75, 3.05) is 13.1 Å². The van der Waals surface area contributed by atoms with Crippen molar-refractivity contribution in [1.82, 2.24) is 4.90 Å². The van der Waals surface area contributed by atoms with Gasteiger partial charge < -0.3 is 10.6 Å². The van der Waals surface area contributed by atoms with E-state index in [9.17, 15) is 4.79 Å². The molecule has 2 N–H and O–H groups in total. The van der Waals surface area contributed by atoms with Crippen LogP contribution in [0.25, 0.3) is 0 Å². The zero-order chi connectivity index (χ0) is 13.1. The van der Waals surface area contributed by atoms with Gasteiger partial charge in [-0.25, -0.2) is 0 Å². The van der Waals surface area contributed by atoms with Crippen LogP contribution in [-0.4, -0.2) is 29.9 Å². The first-order valence-electron chi connectivity index (χ1n) is 6.38. The summed E-state index contributed by atoms with van der Waals surface area (Å²) in [6.07, 6.45) is 2.19. The first-order chi connectivity index (χ1) is 8.61. The van der Waals surface area contributed by atoms with E-state index in [1.165, 1.54) is 0 Å². The third kappa shape index (κ3) is 3.03. The molecule has 18 heavy (non-hydrogen) atoms. The van der Waals surface area contributed by atoms with Gasteiger partial charge in [0.1, 0.15) is 0 Å². The van der Waals surface area contributed by atoms with Gasteiger partial charge in [-0.15, -0.1) is 0 Å². The third-order valence-corrected chi connectivity index (χ3v) is 4.32. The summed E-state index contributed by atoms with van der Waals surface area (Å²) in [4.78, 5) is 14.5. The second-order valence-corrected chi connectivity index (χ2v) is 6.24. The number of likely N-dealkylation sites (tertiary alicyclic amines) is 1. The van der Waals surface area contributed by atoms with Gasteiger partial charge >= 0.3 is 0 Å². The van der Waals surface area contributed by atoms with Crippen LogP contribution >= 0.6 is 22.6 Å². The average molecular weight is 358 g/mol. The Morgan fingerprint density at radius 1 is 1.50 bits per heavy atom. The SMILES string of the molecule is CC1CCC(CN)CN1C(=O)c1cccc(I)c1. The van der Waals surface area contributed by atoms with Gasteiger partial charge in [0.15, 0.2) is 0 Å². The molecule has 1 saturated heterocycles. The predicted octanol–water partition coefficient (Wildman–Crippen LogP) is 2.49. The first kappa shape index (κ1) is 13.8. The Hall–Kier alpha value is -0.620. The smallest absolute Gasteiger partial charge is 0.254 e. The Morgan fingerprint density at radius 3 is 2.94 bits per heavy atom. The summed E-state index contributed by atoms with van der Waals surface area (Å²) in [6.45, 7) is 3.59. The van der Waals surface area contributed by atoms with Gasteiger partial charge in [0.2, 0.25) is 0 Å². The van der Waals surface area contributed by atoms with Crippen LogP contribution in [0.5, 0.6) is 0 Å². The number of nitrogens with two attached hydrogens (primary N) is 1. The fourth-order valence-electron chi connectivity index (χ4n) is 2.44. The van der Waals surface area contributed by atoms with Crippen molar-refractivity contribution in [3.05, 3.63) is 33.4 Å². The molecule has 1 fully saturated rings. The Bertz CT molecular complexity index is 436. The molecule has 2 atom stereocenters. The standard InChI is InChI=1S/C14H19IN2O/c1-10-5-6-11(8-16)9-17(10)14(18)12-3-2-4-13(15)7-12/h2-4,7,10-11H,5-6,8-9,16H2,1H3. The number of hydrogen-bond acceptors (Lipinski definition) is 2. The van der Waals surface area contributed by atoms with E-state index in [1.807, 2.05) is 29.2 Å². The lowest BCUT2D eigenvalue weighted by Crippen LogP contribution is -2.47. The van der Waals surface area contributed by atoms with Gasteiger partial charge in [-0.2, -0.15) is 0 Å². The van der Waals surface area contributed by atoms with Crippen molar-refractivity contribution in [3.8, 4) is 0 Å². The van der Waals surface area contributed by atoms with Gasteiger partial charge in [0.25, 0.3) is 5.91 Å². The van der Waals surface area contributed by atoms with Crippen LogP contribution in [0.2, 0.25) is 0 Å². The quantitative estimate of drug-likeness (QED) is 0.826. The zero-order valence-corrected chi connectivity index (χ0v) is 12.8. The molecule has 98 valence electrons. The maximum absolute atomic E-state index is 12.5. The maximum atomic E-state index is 12.5. The summed E-state index contributed by atoms with van der Waals surface area (Å²) in [7, 11) is 0. The van der Waals surface area contributed by atoms with Crippen molar-refractivity contribution in [1.29, 1.82) is 0 Å². The Balaban J connectivity index is 2.16. The average Bonchev–Trinajstić information content (AvgIpc) is 2.38. The van der Waals surface area contributed by atoms with Gasteiger partial charge in [-0.05, 0) is 73.0 Å². The van der Waals surface area contributed by atoms with Gasteiger partial charge in [-0.1, -0.05) is 6.07 Å². The number of hydrogen-bond donors (Lipinski definition) is 1. The fourth-order valence-corrected chi connectivity index (χ4v) is 2.99. The molecule has 2 rings (SSSR count). The highest BCUT2D eigenvalue weighted by Gasteiger charge is 2.28. The highest BCUT2D eigenvalue weighted by atomic mass is 127. The summed E-state index contributed by atoms with van der Waals surface area (Å²) in [5.41, 5.74) is 6.52. The number of nitrogens with zero attached hydrogens (tertiary/aromatic N) is 1. The number of halogens is 1. The third-order valence-electron chi connectivity index (χ3n) is 3.65. The molecule has 1 aromatic carbocycles. The summed E-state index contributed by atoms with van der Waals surface area (Å²) in [5.74, 6) is 0.590. The molecule has 1 heterocycles. The second kappa shape index (κ2) is 6.02. The van der Waals surface area contributed by atoms with Crippen LogP contribution in [0.3, 0.4) is 0 Å². The molecule has 1 aliphatic heterocycles. The number of carbonyl (C=O) groups excluding carboxylic acids is 1. The summed E-state index contributed by atoms with van der Waals surface area (Å²) in [5, 5.41) is 0. The molecule has 3 nitrogen and oxygen atoms in total. The molecule has 2 unspecified atom stereocenters. The van der Waals surface area contributed by atoms with Crippen LogP contribution in [0.4, 0.5) is 0 Å². The summed E-state index contributed by atoms with van der Waals surface area (Å²) in [6, 6.07) is 8.09. The van der Waals surface area contributed by atoms with Crippen molar-refractivity contribution in [2.24, 2.45) is 11.7 Å². The van der Waals surface area contributed by atoms with Crippen LogP contribution in [0.15, 0.2) is 24.3 Å². The summed E-state index contributed by atoms with van der Waals surface area (Å²) < 4.78 is 1.10. The van der Waals surface area contributed by atoms with Crippen molar-refractivity contribution < 1.29 is 4.79 Å². The fraction of sp³-hybridized carbons (Fsp3) is 0.500. The number of carbonyl (C=O) groups is 1. The number of piperidine rings is 1. The zero-order valence-electron chi connectivity index (χ0n) is 10.6. The lowest BCUT2D eigenvalue weighted by Gasteiger charge is -2.37. The van der Waals surface area contributed by atoms with E-state index in [4.69, 9.17) is 5.73 Å². The minimum absolute atomic E-state index is 0.138. The Labute approximate surface area is 122 Å². The second-order valence-electron chi connectivity index (χ2n) is 5.00. The topological polar surface area (TPSA) is 46.3 Å². The van der Waals surface area contributed by atoms with E-state index in [0.29, 0.717) is 18.5 Å². The summed E-state index contributed by atoms with van der Waals surface area (Å²) >= 11 is 2.24. The molecule has 0 aromatic heterocycles. The lowest BCUT2D eigenvalue weighted by molar-refractivity contribution is 0.0567. The number of rotatable bonds is 2. The highest BCUT2D eigenvalue weighted by molar-refractivity contribution is 14.1. The molecular formula is C14H19IN2O. The van der Waals surface area contributed by atoms with E-state index in [2.05, 4.69) is 29.5 Å². The van der Waals surface area contributed by atoms with Gasteiger partial charge in [0, 0.05) is 21.7 Å². The Morgan fingerprint density at radius 2 is 2.28 bits per heavy atom. The van der Waals surface area contributed by atoms with Gasteiger partial charge in [-0.3, -0.25) is 4.79 Å². The van der Waals surface area contributed by atoms with Crippen LogP contribution in [0.1, 0.15) is 30.1 Å². The maximum Gasteiger partial charge on any atom is 0.254 e. The lowest BCUT2D eigenvalue weighted by atomic mass is 9.93. The molecule has 0 bridgehead atoms. The number of benzene rings is 1. The molecule has 0 saturated carbocycles. The van der Waals surface area contributed by atoms with E-state index in [-0.39, 0.29) is 5.91 Å². The van der Waals surface area contributed by atoms with Crippen LogP contribution in [-0.2, 0) is 0 Å². The minimum atomic E-state index is 0.138. The van der Waals surface area contributed by atoms with Crippen LogP contribution < -0.4 is 5.73 Å². The van der Waals surface area contributed by atoms with Gasteiger partial charge in [0.05, 0.1) is 0 Å². The van der Waals surface area contributed by atoms with E-state index < -0.39 is 0 Å². The first-order valence-corrected chi connectivity index (χ1v) is 7.46. The Kier molecular flexibility index (Phi) is 4.61. The molecule has 0 spiro atoms. The van der Waals surface area contributed by atoms with Crippen molar-refractivity contribution >= 4 is 28.5 Å². The van der Waals surface area contributed by atoms with Crippen LogP contribution in [0, 0.1) is 9.49 Å². The molecule has 0 aliphatic carbocycles. The highest BCUT2D eigenvalue weighted by Crippen LogP contribution is 2.23.